The topological polar surface area (TPSA) is 192 Å². The Bertz CT molecular complexity index is 1370. The average Bonchev–Trinajstić information content (AvgIpc) is 3.37. The summed E-state index contributed by atoms with van der Waals surface area (Å²) < 4.78 is 34.4. The molecule has 0 bridgehead atoms. The lowest BCUT2D eigenvalue weighted by Crippen LogP contribution is -2.64. The van der Waals surface area contributed by atoms with Crippen LogP contribution in [0.3, 0.4) is 0 Å². The maximum Gasteiger partial charge on any atom is 0.472 e. The largest absolute Gasteiger partial charge is 0.472 e. The molecule has 1 fully saturated rings. The Balaban J connectivity index is 2.29. The van der Waals surface area contributed by atoms with Gasteiger partial charge in [-0.25, -0.2) is 4.57 Å². The number of aliphatic hydroxyl groups is 5. The Morgan fingerprint density at radius 1 is 0.444 bits per heavy atom. The second kappa shape index (κ2) is 48.9. The van der Waals surface area contributed by atoms with Gasteiger partial charge in [0.15, 0.2) is 0 Å². The molecule has 422 valence electrons. The third-order valence-corrected chi connectivity index (χ3v) is 14.7. The summed E-state index contributed by atoms with van der Waals surface area (Å²) in [6, 6.07) is 0. The van der Waals surface area contributed by atoms with E-state index in [9.17, 15) is 39.8 Å². The van der Waals surface area contributed by atoms with Gasteiger partial charge in [-0.05, 0) is 77.0 Å². The van der Waals surface area contributed by atoms with Crippen LogP contribution in [0.5, 0.6) is 0 Å². The Labute approximate surface area is 439 Å². The normalized spacial score (nSPS) is 20.9. The van der Waals surface area contributed by atoms with Crippen LogP contribution in [0.25, 0.3) is 0 Å². The molecule has 0 aromatic heterocycles. The highest BCUT2D eigenvalue weighted by molar-refractivity contribution is 7.47. The van der Waals surface area contributed by atoms with Crippen molar-refractivity contribution in [3.8, 4) is 0 Å². The van der Waals surface area contributed by atoms with Crippen molar-refractivity contribution < 1.29 is 58.3 Å². The van der Waals surface area contributed by atoms with E-state index in [2.05, 4.69) is 62.5 Å². The molecular formula is C59H109O12P. The Kier molecular flexibility index (Phi) is 46.4. The van der Waals surface area contributed by atoms with Gasteiger partial charge in [0.1, 0.15) is 42.7 Å². The predicted octanol–water partition coefficient (Wildman–Crippen LogP) is 14.3. The number of carbonyl (C=O) groups is 1. The van der Waals surface area contributed by atoms with Crippen molar-refractivity contribution in [2.24, 2.45) is 0 Å². The highest BCUT2D eigenvalue weighted by Crippen LogP contribution is 2.47. The van der Waals surface area contributed by atoms with Gasteiger partial charge >= 0.3 is 13.8 Å². The maximum atomic E-state index is 12.9. The van der Waals surface area contributed by atoms with Crippen molar-refractivity contribution in [3.63, 3.8) is 0 Å². The first-order valence-corrected chi connectivity index (χ1v) is 31.0. The molecule has 0 aliphatic heterocycles. The van der Waals surface area contributed by atoms with E-state index in [1.165, 1.54) is 167 Å². The van der Waals surface area contributed by atoms with Crippen LogP contribution in [0.1, 0.15) is 258 Å². The van der Waals surface area contributed by atoms with E-state index in [1.54, 1.807) is 0 Å². The molecule has 13 heteroatoms. The number of rotatable bonds is 51. The fourth-order valence-corrected chi connectivity index (χ4v) is 9.98. The van der Waals surface area contributed by atoms with Crippen molar-refractivity contribution in [2.45, 2.75) is 301 Å². The van der Waals surface area contributed by atoms with Gasteiger partial charge < -0.3 is 39.9 Å². The summed E-state index contributed by atoms with van der Waals surface area (Å²) in [6.07, 6.45) is 50.3. The lowest BCUT2D eigenvalue weighted by molar-refractivity contribution is -0.220. The average molecular weight is 1040 g/mol. The van der Waals surface area contributed by atoms with E-state index >= 15 is 0 Å². The van der Waals surface area contributed by atoms with Crippen LogP contribution in [-0.2, 0) is 27.9 Å². The monoisotopic (exact) mass is 1040 g/mol. The molecule has 72 heavy (non-hydrogen) atoms. The number of ether oxygens (including phenoxy) is 2. The van der Waals surface area contributed by atoms with Crippen molar-refractivity contribution in [1.29, 1.82) is 0 Å². The van der Waals surface area contributed by atoms with Crippen LogP contribution in [-0.4, -0.2) is 98.9 Å². The van der Waals surface area contributed by atoms with Gasteiger partial charge in [-0.1, -0.05) is 223 Å². The van der Waals surface area contributed by atoms with Gasteiger partial charge in [0.05, 0.1) is 13.2 Å². The second-order valence-corrected chi connectivity index (χ2v) is 21.9. The van der Waals surface area contributed by atoms with Gasteiger partial charge in [0.2, 0.25) is 0 Å². The number of hydrogen-bond acceptors (Lipinski definition) is 11. The molecule has 1 aliphatic rings. The van der Waals surface area contributed by atoms with Crippen molar-refractivity contribution >= 4 is 13.8 Å². The molecule has 6 N–H and O–H groups in total. The predicted molar refractivity (Wildman–Crippen MR) is 295 cm³/mol. The summed E-state index contributed by atoms with van der Waals surface area (Å²) in [4.78, 5) is 23.3. The molecule has 0 heterocycles. The van der Waals surface area contributed by atoms with E-state index in [4.69, 9.17) is 18.5 Å². The minimum Gasteiger partial charge on any atom is -0.457 e. The Hall–Kier alpha value is -1.70. The Morgan fingerprint density at radius 2 is 0.778 bits per heavy atom. The first-order valence-electron chi connectivity index (χ1n) is 29.5. The van der Waals surface area contributed by atoms with E-state index in [1.807, 2.05) is 0 Å². The lowest BCUT2D eigenvalue weighted by Gasteiger charge is -2.41. The number of phosphoric ester groups is 1. The van der Waals surface area contributed by atoms with Crippen LogP contribution < -0.4 is 0 Å². The molecule has 0 saturated heterocycles. The molecule has 6 unspecified atom stereocenters. The maximum absolute atomic E-state index is 12.9. The van der Waals surface area contributed by atoms with Crippen LogP contribution in [0.4, 0.5) is 0 Å². The minimum absolute atomic E-state index is 0.0832. The lowest BCUT2D eigenvalue weighted by atomic mass is 9.85. The number of aliphatic hydroxyl groups excluding tert-OH is 5. The standard InChI is InChI=1S/C59H109O12P/c1-3-5-7-9-11-13-15-17-19-21-23-25-27-28-30-32-34-36-38-40-42-44-46-48-53(60)70-52(51-69-72(66,67)71-59-57(64)55(62)54(61)56(63)58(59)65)50-68-49-47-45-43-41-39-37-35-33-31-29-26-24-22-20-18-16-14-12-10-8-6-4-2/h16,18,21-24,29,31,52,54-59,61-65H,3-15,17,19-20,25-28,30,32-51H2,1-2H3,(H,66,67)/b18-16-,23-21-,24-22-,31-29-. The zero-order valence-electron chi connectivity index (χ0n) is 45.7. The molecule has 0 aromatic carbocycles. The smallest absolute Gasteiger partial charge is 0.457 e. The van der Waals surface area contributed by atoms with Gasteiger partial charge in [-0.15, -0.1) is 0 Å². The zero-order valence-corrected chi connectivity index (χ0v) is 46.6. The molecule has 0 aromatic rings. The molecule has 0 amide bonds. The van der Waals surface area contributed by atoms with Crippen molar-refractivity contribution in [3.05, 3.63) is 48.6 Å². The SMILES string of the molecule is CCCCCCC/C=C\C/C=C\C/C=C\CCCCCCCCCOCC(COP(=O)(O)OC1C(O)C(O)C(O)C(O)C1O)OC(=O)CCCCCCCCCCCCC/C=C\CCCCCCCCCC. The number of unbranched alkanes of at least 4 members (excludes halogenated alkanes) is 31. The van der Waals surface area contributed by atoms with Gasteiger partial charge in [-0.2, -0.15) is 0 Å². The minimum atomic E-state index is -5.03. The molecule has 1 saturated carbocycles. The number of allylic oxidation sites excluding steroid dienone is 8. The third kappa shape index (κ3) is 39.7. The second-order valence-electron chi connectivity index (χ2n) is 20.5. The molecule has 1 rings (SSSR count). The summed E-state index contributed by atoms with van der Waals surface area (Å²) in [5.74, 6) is -0.479. The van der Waals surface area contributed by atoms with Crippen LogP contribution >= 0.6 is 7.82 Å². The zero-order chi connectivity index (χ0) is 52.6. The summed E-state index contributed by atoms with van der Waals surface area (Å²) >= 11 is 0. The van der Waals surface area contributed by atoms with E-state index < -0.39 is 63.1 Å². The summed E-state index contributed by atoms with van der Waals surface area (Å²) in [6.45, 7) is 4.27. The van der Waals surface area contributed by atoms with Gasteiger partial charge in [-0.3, -0.25) is 13.8 Å². The fourth-order valence-electron chi connectivity index (χ4n) is 9.01. The quantitative estimate of drug-likeness (QED) is 0.0146. The number of carbonyl (C=O) groups excluding carboxylic acids is 1. The third-order valence-electron chi connectivity index (χ3n) is 13.7. The summed E-state index contributed by atoms with van der Waals surface area (Å²) in [5, 5.41) is 50.4. The Morgan fingerprint density at radius 3 is 1.19 bits per heavy atom. The molecule has 0 radical (unpaired) electrons. The highest BCUT2D eigenvalue weighted by Gasteiger charge is 2.51. The van der Waals surface area contributed by atoms with Crippen LogP contribution in [0, 0.1) is 0 Å². The number of phosphoric acid groups is 1. The van der Waals surface area contributed by atoms with Crippen molar-refractivity contribution in [1.82, 2.24) is 0 Å². The molecule has 6 atom stereocenters. The first kappa shape index (κ1) is 68.3. The van der Waals surface area contributed by atoms with Crippen LogP contribution in [0.2, 0.25) is 0 Å². The molecule has 12 nitrogen and oxygen atoms in total. The van der Waals surface area contributed by atoms with E-state index in [0.29, 0.717) is 13.0 Å². The number of hydrogen-bond donors (Lipinski definition) is 6. The molecule has 0 spiro atoms. The fraction of sp³-hybridized carbons (Fsp3) is 0.847. The molecule has 1 aliphatic carbocycles. The molecular weight excluding hydrogens is 932 g/mol. The summed E-state index contributed by atoms with van der Waals surface area (Å²) in [5.41, 5.74) is 0. The van der Waals surface area contributed by atoms with Gasteiger partial charge in [0.25, 0.3) is 0 Å². The van der Waals surface area contributed by atoms with Crippen molar-refractivity contribution in [2.75, 3.05) is 19.8 Å². The number of esters is 1. The van der Waals surface area contributed by atoms with Crippen LogP contribution in [0.15, 0.2) is 48.6 Å². The van der Waals surface area contributed by atoms with E-state index in [0.717, 1.165) is 64.2 Å². The van der Waals surface area contributed by atoms with E-state index in [-0.39, 0.29) is 13.0 Å². The first-order chi connectivity index (χ1) is 35.0. The summed E-state index contributed by atoms with van der Waals surface area (Å²) in [7, 11) is -5.03. The highest BCUT2D eigenvalue weighted by atomic mass is 31.2. The van der Waals surface area contributed by atoms with Gasteiger partial charge in [0, 0.05) is 13.0 Å².